The molecule has 1 saturated heterocycles. The van der Waals surface area contributed by atoms with Gasteiger partial charge in [-0.3, -0.25) is 4.79 Å². The number of rotatable bonds is 4. The number of nitrogens with zero attached hydrogens (tertiary/aromatic N) is 4. The third-order valence-corrected chi connectivity index (χ3v) is 6.08. The van der Waals surface area contributed by atoms with Gasteiger partial charge in [0.15, 0.2) is 5.65 Å². The Balaban J connectivity index is 1.58. The number of carbonyl (C=O) groups is 1. The van der Waals surface area contributed by atoms with Gasteiger partial charge >= 0.3 is 5.97 Å². The van der Waals surface area contributed by atoms with Gasteiger partial charge in [-0.2, -0.15) is 9.61 Å². The summed E-state index contributed by atoms with van der Waals surface area (Å²) in [4.78, 5) is 19.5. The fraction of sp³-hybridized carbons (Fsp3) is 0.435. The van der Waals surface area contributed by atoms with Crippen LogP contribution >= 0.6 is 0 Å². The summed E-state index contributed by atoms with van der Waals surface area (Å²) in [5, 5.41) is 4.85. The summed E-state index contributed by atoms with van der Waals surface area (Å²) < 4.78 is 20.5. The lowest BCUT2D eigenvalue weighted by Crippen LogP contribution is -2.41. The number of carbonyl (C=O) groups excluding carboxylic acids is 1. The number of ether oxygens (including phenoxy) is 1. The standard InChI is InChI=1S/C23H25FN4O2/c1-2-30-23(29)16-5-4-12-27(14-16)22-18-6-3-7-19(18)25-21-13-20(26-28(21)22)15-8-10-17(24)11-9-15/h8-11,13,16H,2-7,12,14H2,1H3. The molecule has 1 unspecified atom stereocenters. The van der Waals surface area contributed by atoms with E-state index in [1.54, 1.807) is 12.1 Å². The van der Waals surface area contributed by atoms with Crippen LogP contribution in [0.5, 0.6) is 0 Å². The second kappa shape index (κ2) is 7.70. The highest BCUT2D eigenvalue weighted by Crippen LogP contribution is 2.35. The molecular weight excluding hydrogens is 383 g/mol. The van der Waals surface area contributed by atoms with Crippen molar-refractivity contribution in [1.82, 2.24) is 14.6 Å². The first kappa shape index (κ1) is 19.0. The molecule has 5 rings (SSSR count). The second-order valence-corrected chi connectivity index (χ2v) is 8.06. The Labute approximate surface area is 174 Å². The van der Waals surface area contributed by atoms with Crippen LogP contribution in [-0.2, 0) is 22.4 Å². The summed E-state index contributed by atoms with van der Waals surface area (Å²) in [5.41, 5.74) is 4.78. The number of fused-ring (bicyclic) bond motifs is 2. The molecule has 156 valence electrons. The largest absolute Gasteiger partial charge is 0.466 e. The molecule has 1 atom stereocenters. The molecule has 2 aromatic heterocycles. The summed E-state index contributed by atoms with van der Waals surface area (Å²) in [5.74, 6) is 0.552. The smallest absolute Gasteiger partial charge is 0.310 e. The lowest BCUT2D eigenvalue weighted by Gasteiger charge is -2.34. The number of hydrogen-bond acceptors (Lipinski definition) is 5. The monoisotopic (exact) mass is 408 g/mol. The third-order valence-electron chi connectivity index (χ3n) is 6.08. The van der Waals surface area contributed by atoms with Crippen molar-refractivity contribution in [2.45, 2.75) is 39.0 Å². The Kier molecular flexibility index (Phi) is 4.89. The van der Waals surface area contributed by atoms with E-state index in [-0.39, 0.29) is 17.7 Å². The number of halogens is 1. The van der Waals surface area contributed by atoms with E-state index in [2.05, 4.69) is 4.90 Å². The Morgan fingerprint density at radius 2 is 2.07 bits per heavy atom. The van der Waals surface area contributed by atoms with Crippen molar-refractivity contribution in [3.8, 4) is 11.3 Å². The van der Waals surface area contributed by atoms with Crippen LogP contribution in [0.4, 0.5) is 10.2 Å². The molecule has 1 aliphatic heterocycles. The SMILES string of the molecule is CCOC(=O)C1CCCN(c2c3c(nc4cc(-c5ccc(F)cc5)nn24)CCC3)C1. The molecule has 1 fully saturated rings. The quantitative estimate of drug-likeness (QED) is 0.615. The first-order chi connectivity index (χ1) is 14.6. The molecule has 7 heteroatoms. The van der Waals surface area contributed by atoms with Crippen LogP contribution in [0.1, 0.15) is 37.4 Å². The first-order valence-electron chi connectivity index (χ1n) is 10.7. The van der Waals surface area contributed by atoms with Gasteiger partial charge in [0, 0.05) is 36.0 Å². The van der Waals surface area contributed by atoms with Crippen molar-refractivity contribution in [2.24, 2.45) is 5.92 Å². The van der Waals surface area contributed by atoms with Crippen molar-refractivity contribution in [1.29, 1.82) is 0 Å². The molecular formula is C23H25FN4O2. The highest BCUT2D eigenvalue weighted by molar-refractivity contribution is 5.74. The highest BCUT2D eigenvalue weighted by atomic mass is 19.1. The summed E-state index contributed by atoms with van der Waals surface area (Å²) in [6, 6.07) is 8.33. The number of aryl methyl sites for hydroxylation is 1. The van der Waals surface area contributed by atoms with Crippen molar-refractivity contribution < 1.29 is 13.9 Å². The summed E-state index contributed by atoms with van der Waals surface area (Å²) in [6.07, 6.45) is 4.81. The third kappa shape index (κ3) is 3.32. The van der Waals surface area contributed by atoms with Crippen LogP contribution in [-0.4, -0.2) is 40.3 Å². The number of aromatic nitrogens is 3. The van der Waals surface area contributed by atoms with Crippen molar-refractivity contribution in [2.75, 3.05) is 24.6 Å². The molecule has 0 saturated carbocycles. The van der Waals surface area contributed by atoms with Crippen molar-refractivity contribution in [3.63, 3.8) is 0 Å². The van der Waals surface area contributed by atoms with Crippen molar-refractivity contribution >= 4 is 17.4 Å². The predicted octanol–water partition coefficient (Wildman–Crippen LogP) is 3.80. The number of hydrogen-bond donors (Lipinski definition) is 0. The number of benzene rings is 1. The van der Waals surface area contributed by atoms with E-state index in [9.17, 15) is 9.18 Å². The highest BCUT2D eigenvalue weighted by Gasteiger charge is 2.31. The van der Waals surface area contributed by atoms with E-state index < -0.39 is 0 Å². The van der Waals surface area contributed by atoms with Gasteiger partial charge in [0.05, 0.1) is 18.2 Å². The molecule has 0 N–H and O–H groups in total. The van der Waals surface area contributed by atoms with E-state index in [0.717, 1.165) is 67.1 Å². The molecule has 0 bridgehead atoms. The van der Waals surface area contributed by atoms with Crippen molar-refractivity contribution in [3.05, 3.63) is 47.4 Å². The van der Waals surface area contributed by atoms with Gasteiger partial charge in [-0.25, -0.2) is 9.37 Å². The molecule has 3 aromatic rings. The Hall–Kier alpha value is -2.96. The Morgan fingerprint density at radius 3 is 2.87 bits per heavy atom. The average Bonchev–Trinajstić information content (AvgIpc) is 3.39. The molecule has 1 aliphatic carbocycles. The minimum absolute atomic E-state index is 0.114. The molecule has 1 aromatic carbocycles. The lowest BCUT2D eigenvalue weighted by atomic mass is 9.97. The van der Waals surface area contributed by atoms with Gasteiger partial charge in [-0.05, 0) is 63.3 Å². The lowest BCUT2D eigenvalue weighted by molar-refractivity contribution is -0.148. The van der Waals surface area contributed by atoms with Crippen LogP contribution in [0, 0.1) is 11.7 Å². The molecule has 0 spiro atoms. The van der Waals surface area contributed by atoms with Gasteiger partial charge in [0.25, 0.3) is 0 Å². The van der Waals surface area contributed by atoms with E-state index in [0.29, 0.717) is 13.2 Å². The van der Waals surface area contributed by atoms with Gasteiger partial charge in [-0.1, -0.05) is 0 Å². The predicted molar refractivity (Wildman–Crippen MR) is 112 cm³/mol. The number of esters is 1. The zero-order valence-corrected chi connectivity index (χ0v) is 17.1. The van der Waals surface area contributed by atoms with Crippen LogP contribution in [0.3, 0.4) is 0 Å². The molecule has 0 radical (unpaired) electrons. The summed E-state index contributed by atoms with van der Waals surface area (Å²) in [6.45, 7) is 3.77. The average molecular weight is 408 g/mol. The van der Waals surface area contributed by atoms with Gasteiger partial charge in [0.2, 0.25) is 0 Å². The van der Waals surface area contributed by atoms with E-state index >= 15 is 0 Å². The van der Waals surface area contributed by atoms with E-state index in [1.165, 1.54) is 17.7 Å². The first-order valence-corrected chi connectivity index (χ1v) is 10.7. The Morgan fingerprint density at radius 1 is 1.23 bits per heavy atom. The second-order valence-electron chi connectivity index (χ2n) is 8.06. The minimum Gasteiger partial charge on any atom is -0.466 e. The van der Waals surface area contributed by atoms with Gasteiger partial charge in [0.1, 0.15) is 11.6 Å². The molecule has 2 aliphatic rings. The maximum absolute atomic E-state index is 13.3. The minimum atomic E-state index is -0.265. The van der Waals surface area contributed by atoms with Gasteiger partial charge < -0.3 is 9.64 Å². The van der Waals surface area contributed by atoms with E-state index in [4.69, 9.17) is 14.8 Å². The topological polar surface area (TPSA) is 59.7 Å². The fourth-order valence-electron chi connectivity index (χ4n) is 4.67. The summed E-state index contributed by atoms with van der Waals surface area (Å²) in [7, 11) is 0. The normalized spacial score (nSPS) is 18.6. The molecule has 30 heavy (non-hydrogen) atoms. The zero-order chi connectivity index (χ0) is 20.7. The number of piperidine rings is 1. The van der Waals surface area contributed by atoms with Crippen LogP contribution < -0.4 is 4.90 Å². The van der Waals surface area contributed by atoms with E-state index in [1.807, 2.05) is 17.5 Å². The fourth-order valence-corrected chi connectivity index (χ4v) is 4.67. The van der Waals surface area contributed by atoms with Crippen LogP contribution in [0.25, 0.3) is 16.9 Å². The maximum atomic E-state index is 13.3. The molecule has 3 heterocycles. The molecule has 0 amide bonds. The van der Waals surface area contributed by atoms with Gasteiger partial charge in [-0.15, -0.1) is 0 Å². The number of anilines is 1. The van der Waals surface area contributed by atoms with Crippen LogP contribution in [0.15, 0.2) is 30.3 Å². The Bertz CT molecular complexity index is 1090. The maximum Gasteiger partial charge on any atom is 0.310 e. The molecule has 6 nitrogen and oxygen atoms in total. The zero-order valence-electron chi connectivity index (χ0n) is 17.1. The van der Waals surface area contributed by atoms with Crippen LogP contribution in [0.2, 0.25) is 0 Å². The summed E-state index contributed by atoms with van der Waals surface area (Å²) >= 11 is 0.